The third-order valence-electron chi connectivity index (χ3n) is 4.80. The highest BCUT2D eigenvalue weighted by molar-refractivity contribution is 7.17. The van der Waals surface area contributed by atoms with E-state index in [0.717, 1.165) is 15.0 Å². The summed E-state index contributed by atoms with van der Waals surface area (Å²) in [6, 6.07) is 10.5. The summed E-state index contributed by atoms with van der Waals surface area (Å²) in [4.78, 5) is 54.3. The molecule has 32 heavy (non-hydrogen) atoms. The van der Waals surface area contributed by atoms with E-state index in [2.05, 4.69) is 15.8 Å². The van der Waals surface area contributed by atoms with Crippen LogP contribution < -0.4 is 22.1 Å². The molecule has 0 atom stereocenters. The molecule has 4 aromatic rings. The number of hydrazine groups is 1. The lowest BCUT2D eigenvalue weighted by Gasteiger charge is -2.09. The number of pyridine rings is 1. The van der Waals surface area contributed by atoms with Crippen molar-refractivity contribution in [3.8, 4) is 10.4 Å². The second kappa shape index (κ2) is 8.19. The summed E-state index contributed by atoms with van der Waals surface area (Å²) in [5.74, 6) is -1.57. The number of halogens is 1. The second-order valence-electron chi connectivity index (χ2n) is 6.88. The molecule has 11 heteroatoms. The monoisotopic (exact) mass is 453 g/mol. The summed E-state index contributed by atoms with van der Waals surface area (Å²) in [5.41, 5.74) is 4.42. The number of aromatic nitrogens is 3. The van der Waals surface area contributed by atoms with Crippen molar-refractivity contribution < 1.29 is 14.0 Å². The molecule has 4 rings (SSSR count). The van der Waals surface area contributed by atoms with Crippen LogP contribution in [0.15, 0.2) is 58.3 Å². The molecule has 9 nitrogen and oxygen atoms in total. The van der Waals surface area contributed by atoms with Crippen LogP contribution in [0.4, 0.5) is 4.39 Å². The maximum atomic E-state index is 13.1. The van der Waals surface area contributed by atoms with E-state index in [1.807, 2.05) is 0 Å². The number of fused-ring (bicyclic) bond motifs is 1. The van der Waals surface area contributed by atoms with Gasteiger partial charge < -0.3 is 0 Å². The molecule has 1 aromatic carbocycles. The molecular weight excluding hydrogens is 437 g/mol. The Bertz CT molecular complexity index is 1490. The molecule has 0 fully saturated rings. The van der Waals surface area contributed by atoms with Gasteiger partial charge in [0.15, 0.2) is 0 Å². The van der Waals surface area contributed by atoms with Gasteiger partial charge in [-0.15, -0.1) is 11.3 Å². The van der Waals surface area contributed by atoms with E-state index in [9.17, 15) is 23.6 Å². The summed E-state index contributed by atoms with van der Waals surface area (Å²) in [6.07, 6.45) is 1.21. The first-order valence-corrected chi connectivity index (χ1v) is 10.1. The Kier molecular flexibility index (Phi) is 5.41. The summed E-state index contributed by atoms with van der Waals surface area (Å²) in [7, 11) is 2.80. The first-order chi connectivity index (χ1) is 15.3. The zero-order valence-corrected chi connectivity index (χ0v) is 17.7. The predicted molar refractivity (Wildman–Crippen MR) is 117 cm³/mol. The molecule has 0 spiro atoms. The Hall–Kier alpha value is -4.12. The third-order valence-corrected chi connectivity index (χ3v) is 5.94. The highest BCUT2D eigenvalue weighted by Gasteiger charge is 2.15. The number of benzene rings is 1. The summed E-state index contributed by atoms with van der Waals surface area (Å²) < 4.78 is 15.2. The Balaban J connectivity index is 1.50. The van der Waals surface area contributed by atoms with Crippen LogP contribution in [-0.4, -0.2) is 25.9 Å². The van der Waals surface area contributed by atoms with Crippen molar-refractivity contribution >= 4 is 34.2 Å². The first-order valence-electron chi connectivity index (χ1n) is 9.28. The van der Waals surface area contributed by atoms with Gasteiger partial charge in [-0.3, -0.25) is 34.4 Å². The topological polar surface area (TPSA) is 115 Å². The molecule has 0 aliphatic rings. The smallest absolute Gasteiger partial charge is 0.280 e. The van der Waals surface area contributed by atoms with Gasteiger partial charge in [0.1, 0.15) is 11.5 Å². The molecule has 0 aliphatic carbocycles. The van der Waals surface area contributed by atoms with Gasteiger partial charge in [-0.25, -0.2) is 14.2 Å². The standard InChI is InChI=1S/C21H16FN5O4S/c1-26-17-14(20(30)27(2)21(26)31)9-12(10-23-17)18(28)24-25-19(29)16-8-7-15(32-16)11-3-5-13(22)6-4-11/h3-10H,1-2H3,(H,24,28)(H,25,29). The maximum Gasteiger partial charge on any atom is 0.332 e. The average molecular weight is 453 g/mol. The Labute approximate surface area is 183 Å². The highest BCUT2D eigenvalue weighted by atomic mass is 32.1. The van der Waals surface area contributed by atoms with Gasteiger partial charge in [0.05, 0.1) is 15.8 Å². The molecule has 0 saturated carbocycles. The minimum Gasteiger partial charge on any atom is -0.280 e. The molecule has 3 aromatic heterocycles. The molecule has 0 aliphatic heterocycles. The number of aryl methyl sites for hydroxylation is 1. The SMILES string of the molecule is Cn1c(=O)c2cc(C(=O)NNC(=O)c3ccc(-c4ccc(F)cc4)s3)cnc2n(C)c1=O. The number of hydrogen-bond acceptors (Lipinski definition) is 6. The predicted octanol–water partition coefficient (Wildman–Crippen LogP) is 1.57. The van der Waals surface area contributed by atoms with E-state index in [0.29, 0.717) is 4.88 Å². The minimum atomic E-state index is -0.682. The molecule has 0 unspecified atom stereocenters. The van der Waals surface area contributed by atoms with Crippen LogP contribution in [0.5, 0.6) is 0 Å². The van der Waals surface area contributed by atoms with Crippen molar-refractivity contribution in [2.75, 3.05) is 0 Å². The molecule has 2 N–H and O–H groups in total. The van der Waals surface area contributed by atoms with Gasteiger partial charge in [-0.2, -0.15) is 0 Å². The quantitative estimate of drug-likeness (QED) is 0.457. The number of rotatable bonds is 3. The Morgan fingerprint density at radius 1 is 0.969 bits per heavy atom. The molecule has 0 radical (unpaired) electrons. The van der Waals surface area contributed by atoms with E-state index in [4.69, 9.17) is 0 Å². The Morgan fingerprint density at radius 2 is 1.66 bits per heavy atom. The normalized spacial score (nSPS) is 10.8. The van der Waals surface area contributed by atoms with Crippen LogP contribution in [0.3, 0.4) is 0 Å². The van der Waals surface area contributed by atoms with E-state index in [1.165, 1.54) is 54.4 Å². The fourth-order valence-corrected chi connectivity index (χ4v) is 3.97. The van der Waals surface area contributed by atoms with Crippen LogP contribution in [0.25, 0.3) is 21.5 Å². The van der Waals surface area contributed by atoms with Gasteiger partial charge in [0, 0.05) is 25.2 Å². The van der Waals surface area contributed by atoms with Gasteiger partial charge in [-0.1, -0.05) is 12.1 Å². The largest absolute Gasteiger partial charge is 0.332 e. The van der Waals surface area contributed by atoms with Crippen molar-refractivity contribution in [3.63, 3.8) is 0 Å². The number of hydrogen-bond donors (Lipinski definition) is 2. The molecule has 162 valence electrons. The van der Waals surface area contributed by atoms with Gasteiger partial charge >= 0.3 is 5.69 Å². The fourth-order valence-electron chi connectivity index (χ4n) is 3.07. The van der Waals surface area contributed by atoms with E-state index >= 15 is 0 Å². The maximum absolute atomic E-state index is 13.1. The number of thiophene rings is 1. The lowest BCUT2D eigenvalue weighted by Crippen LogP contribution is -2.41. The van der Waals surface area contributed by atoms with Crippen molar-refractivity contribution in [2.45, 2.75) is 0 Å². The fraction of sp³-hybridized carbons (Fsp3) is 0.0952. The summed E-state index contributed by atoms with van der Waals surface area (Å²) in [6.45, 7) is 0. The van der Waals surface area contributed by atoms with Crippen LogP contribution >= 0.6 is 11.3 Å². The molecule has 0 bridgehead atoms. The van der Waals surface area contributed by atoms with Gasteiger partial charge in [0.25, 0.3) is 17.4 Å². The Morgan fingerprint density at radius 3 is 2.38 bits per heavy atom. The van der Waals surface area contributed by atoms with E-state index in [1.54, 1.807) is 24.3 Å². The lowest BCUT2D eigenvalue weighted by atomic mass is 10.2. The third kappa shape index (κ3) is 3.81. The number of carbonyl (C=O) groups excluding carboxylic acids is 2. The average Bonchev–Trinajstić information content (AvgIpc) is 3.30. The zero-order valence-electron chi connectivity index (χ0n) is 16.9. The molecule has 0 saturated heterocycles. The summed E-state index contributed by atoms with van der Waals surface area (Å²) in [5, 5.41) is 0.0933. The van der Waals surface area contributed by atoms with Crippen LogP contribution in [0.1, 0.15) is 20.0 Å². The van der Waals surface area contributed by atoms with Crippen molar-refractivity contribution in [2.24, 2.45) is 14.1 Å². The molecular formula is C21H16FN5O4S. The van der Waals surface area contributed by atoms with Crippen LogP contribution in [-0.2, 0) is 14.1 Å². The zero-order chi connectivity index (χ0) is 23.0. The second-order valence-corrected chi connectivity index (χ2v) is 7.96. The van der Waals surface area contributed by atoms with Crippen LogP contribution in [0, 0.1) is 5.82 Å². The number of amides is 2. The van der Waals surface area contributed by atoms with Crippen molar-refractivity contribution in [1.29, 1.82) is 0 Å². The molecule has 2 amide bonds. The van der Waals surface area contributed by atoms with Crippen LogP contribution in [0.2, 0.25) is 0 Å². The van der Waals surface area contributed by atoms with Gasteiger partial charge in [0.2, 0.25) is 0 Å². The van der Waals surface area contributed by atoms with E-state index < -0.39 is 23.1 Å². The lowest BCUT2D eigenvalue weighted by molar-refractivity contribution is 0.0849. The number of nitrogens with zero attached hydrogens (tertiary/aromatic N) is 3. The number of nitrogens with one attached hydrogen (secondary N) is 2. The van der Waals surface area contributed by atoms with E-state index in [-0.39, 0.29) is 22.4 Å². The molecule has 3 heterocycles. The summed E-state index contributed by atoms with van der Waals surface area (Å²) >= 11 is 1.18. The van der Waals surface area contributed by atoms with Gasteiger partial charge in [-0.05, 0) is 35.9 Å². The number of carbonyl (C=O) groups is 2. The highest BCUT2D eigenvalue weighted by Crippen LogP contribution is 2.28. The van der Waals surface area contributed by atoms with Crippen molar-refractivity contribution in [3.05, 3.63) is 85.8 Å². The van der Waals surface area contributed by atoms with Crippen molar-refractivity contribution in [1.82, 2.24) is 25.0 Å². The first kappa shape index (κ1) is 21.1. The minimum absolute atomic E-state index is 0.0340.